The number of hydrogen-bond acceptors (Lipinski definition) is 3. The zero-order valence-corrected chi connectivity index (χ0v) is 12.8. The third kappa shape index (κ3) is 2.48. The number of aryl methyl sites for hydroxylation is 1. The van der Waals surface area contributed by atoms with E-state index in [9.17, 15) is 0 Å². The van der Waals surface area contributed by atoms with Crippen molar-refractivity contribution in [2.75, 3.05) is 0 Å². The van der Waals surface area contributed by atoms with Gasteiger partial charge in [0.15, 0.2) is 0 Å². The van der Waals surface area contributed by atoms with Crippen molar-refractivity contribution < 1.29 is 4.52 Å². The van der Waals surface area contributed by atoms with Gasteiger partial charge in [-0.1, -0.05) is 36.7 Å². The molecule has 1 aliphatic rings. The normalized spacial score (nSPS) is 20.1. The SMILES string of the molecule is Cc1cc(CNC2c3cc(Cl)ccc3CC2(C)C)no1. The molecule has 20 heavy (non-hydrogen) atoms. The summed E-state index contributed by atoms with van der Waals surface area (Å²) in [5.41, 5.74) is 3.80. The number of halogens is 1. The number of hydrogen-bond donors (Lipinski definition) is 1. The Labute approximate surface area is 124 Å². The van der Waals surface area contributed by atoms with Crippen LogP contribution in [0.4, 0.5) is 0 Å². The van der Waals surface area contributed by atoms with E-state index in [1.54, 1.807) is 0 Å². The van der Waals surface area contributed by atoms with E-state index in [4.69, 9.17) is 16.1 Å². The maximum absolute atomic E-state index is 6.15. The van der Waals surface area contributed by atoms with Gasteiger partial charge < -0.3 is 9.84 Å². The summed E-state index contributed by atoms with van der Waals surface area (Å²) in [5, 5.41) is 8.44. The minimum Gasteiger partial charge on any atom is -0.361 e. The van der Waals surface area contributed by atoms with Crippen LogP contribution in [-0.2, 0) is 13.0 Å². The predicted molar refractivity (Wildman–Crippen MR) is 79.8 cm³/mol. The van der Waals surface area contributed by atoms with Crippen LogP contribution in [0.15, 0.2) is 28.8 Å². The zero-order valence-electron chi connectivity index (χ0n) is 12.0. The van der Waals surface area contributed by atoms with Gasteiger partial charge in [0, 0.05) is 23.7 Å². The standard InChI is InChI=1S/C16H19ClN2O/c1-10-6-13(19-20-10)9-18-15-14-7-12(17)5-4-11(14)8-16(15,2)3/h4-7,15,18H,8-9H2,1-3H3. The second-order valence-electron chi connectivity index (χ2n) is 6.25. The van der Waals surface area contributed by atoms with Crippen molar-refractivity contribution in [3.63, 3.8) is 0 Å². The molecule has 1 aromatic heterocycles. The summed E-state index contributed by atoms with van der Waals surface area (Å²) in [5.74, 6) is 0.843. The molecule has 1 atom stereocenters. The lowest BCUT2D eigenvalue weighted by Gasteiger charge is -2.28. The molecule has 0 radical (unpaired) electrons. The first-order valence-electron chi connectivity index (χ1n) is 6.89. The molecule has 0 saturated heterocycles. The van der Waals surface area contributed by atoms with Gasteiger partial charge in [-0.05, 0) is 42.0 Å². The molecule has 0 saturated carbocycles. The van der Waals surface area contributed by atoms with Crippen LogP contribution in [0.1, 0.15) is 42.5 Å². The Morgan fingerprint density at radius 1 is 1.40 bits per heavy atom. The van der Waals surface area contributed by atoms with Crippen LogP contribution in [0.5, 0.6) is 0 Å². The highest BCUT2D eigenvalue weighted by atomic mass is 35.5. The Morgan fingerprint density at radius 3 is 2.90 bits per heavy atom. The van der Waals surface area contributed by atoms with Gasteiger partial charge in [0.1, 0.15) is 5.76 Å². The second kappa shape index (κ2) is 4.90. The van der Waals surface area contributed by atoms with Crippen molar-refractivity contribution in [2.24, 2.45) is 5.41 Å². The average molecular weight is 291 g/mol. The number of fused-ring (bicyclic) bond motifs is 1. The lowest BCUT2D eigenvalue weighted by Crippen LogP contribution is -2.30. The van der Waals surface area contributed by atoms with E-state index in [1.807, 2.05) is 19.1 Å². The molecule has 1 unspecified atom stereocenters. The number of benzene rings is 1. The Bertz CT molecular complexity index is 633. The first-order chi connectivity index (χ1) is 9.45. The predicted octanol–water partition coefficient (Wildman–Crippen LogP) is 4.05. The topological polar surface area (TPSA) is 38.1 Å². The van der Waals surface area contributed by atoms with Crippen molar-refractivity contribution in [2.45, 2.75) is 39.8 Å². The molecule has 2 aromatic rings. The molecule has 0 spiro atoms. The molecular formula is C16H19ClN2O. The van der Waals surface area contributed by atoms with E-state index in [0.29, 0.717) is 6.54 Å². The maximum atomic E-state index is 6.15. The summed E-state index contributed by atoms with van der Waals surface area (Å²) in [6, 6.07) is 8.44. The zero-order chi connectivity index (χ0) is 14.3. The van der Waals surface area contributed by atoms with Crippen LogP contribution in [0.3, 0.4) is 0 Å². The van der Waals surface area contributed by atoms with E-state index in [0.717, 1.165) is 22.9 Å². The largest absolute Gasteiger partial charge is 0.361 e. The highest BCUT2D eigenvalue weighted by molar-refractivity contribution is 6.30. The van der Waals surface area contributed by atoms with E-state index in [-0.39, 0.29) is 11.5 Å². The average Bonchev–Trinajstić information content (AvgIpc) is 2.87. The molecule has 0 amide bonds. The molecule has 1 heterocycles. The van der Waals surface area contributed by atoms with E-state index in [1.165, 1.54) is 11.1 Å². The van der Waals surface area contributed by atoms with Gasteiger partial charge in [-0.15, -0.1) is 0 Å². The van der Waals surface area contributed by atoms with Crippen molar-refractivity contribution in [3.05, 3.63) is 51.9 Å². The third-order valence-corrected chi connectivity index (χ3v) is 4.25. The Hall–Kier alpha value is -1.32. The van der Waals surface area contributed by atoms with Gasteiger partial charge >= 0.3 is 0 Å². The van der Waals surface area contributed by atoms with Crippen LogP contribution in [0.2, 0.25) is 5.02 Å². The van der Waals surface area contributed by atoms with Gasteiger partial charge in [-0.2, -0.15) is 0 Å². The van der Waals surface area contributed by atoms with Crippen LogP contribution in [0.25, 0.3) is 0 Å². The monoisotopic (exact) mass is 290 g/mol. The highest BCUT2D eigenvalue weighted by Crippen LogP contribution is 2.45. The molecule has 3 rings (SSSR count). The van der Waals surface area contributed by atoms with Gasteiger partial charge in [-0.25, -0.2) is 0 Å². The van der Waals surface area contributed by atoms with E-state index < -0.39 is 0 Å². The summed E-state index contributed by atoms with van der Waals surface area (Å²) in [4.78, 5) is 0. The number of rotatable bonds is 3. The smallest absolute Gasteiger partial charge is 0.133 e. The third-order valence-electron chi connectivity index (χ3n) is 4.01. The maximum Gasteiger partial charge on any atom is 0.133 e. The molecule has 4 heteroatoms. The molecule has 1 aromatic carbocycles. The summed E-state index contributed by atoms with van der Waals surface area (Å²) < 4.78 is 5.11. The van der Waals surface area contributed by atoms with Crippen LogP contribution < -0.4 is 5.32 Å². The fourth-order valence-corrected chi connectivity index (χ4v) is 3.28. The number of nitrogens with zero attached hydrogens (tertiary/aromatic N) is 1. The molecular weight excluding hydrogens is 272 g/mol. The van der Waals surface area contributed by atoms with Crippen molar-refractivity contribution in [1.29, 1.82) is 0 Å². The number of aromatic nitrogens is 1. The second-order valence-corrected chi connectivity index (χ2v) is 6.69. The molecule has 0 bridgehead atoms. The lowest BCUT2D eigenvalue weighted by atomic mass is 9.85. The Balaban J connectivity index is 1.83. The van der Waals surface area contributed by atoms with E-state index in [2.05, 4.69) is 36.5 Å². The minimum absolute atomic E-state index is 0.172. The molecule has 106 valence electrons. The summed E-state index contributed by atoms with van der Waals surface area (Å²) in [7, 11) is 0. The van der Waals surface area contributed by atoms with Crippen LogP contribution >= 0.6 is 11.6 Å². The lowest BCUT2D eigenvalue weighted by molar-refractivity contribution is 0.265. The quantitative estimate of drug-likeness (QED) is 0.927. The molecule has 0 aliphatic heterocycles. The van der Waals surface area contributed by atoms with Crippen molar-refractivity contribution >= 4 is 11.6 Å². The van der Waals surface area contributed by atoms with Gasteiger partial charge in [0.2, 0.25) is 0 Å². The van der Waals surface area contributed by atoms with Gasteiger partial charge in [0.25, 0.3) is 0 Å². The highest BCUT2D eigenvalue weighted by Gasteiger charge is 2.38. The fraction of sp³-hybridized carbons (Fsp3) is 0.438. The first-order valence-corrected chi connectivity index (χ1v) is 7.27. The molecule has 3 nitrogen and oxygen atoms in total. The van der Waals surface area contributed by atoms with Crippen LogP contribution in [-0.4, -0.2) is 5.16 Å². The van der Waals surface area contributed by atoms with Crippen LogP contribution in [0, 0.1) is 12.3 Å². The fourth-order valence-electron chi connectivity index (χ4n) is 3.10. The Morgan fingerprint density at radius 2 is 2.20 bits per heavy atom. The van der Waals surface area contributed by atoms with Gasteiger partial charge in [0.05, 0.1) is 5.69 Å². The Kier molecular flexibility index (Phi) is 3.35. The number of nitrogens with one attached hydrogen (secondary N) is 1. The summed E-state index contributed by atoms with van der Waals surface area (Å²) in [6.45, 7) is 7.18. The minimum atomic E-state index is 0.172. The first kappa shape index (κ1) is 13.7. The molecule has 1 N–H and O–H groups in total. The van der Waals surface area contributed by atoms with Gasteiger partial charge in [-0.3, -0.25) is 0 Å². The van der Waals surface area contributed by atoms with E-state index >= 15 is 0 Å². The van der Waals surface area contributed by atoms with Crippen molar-refractivity contribution in [3.8, 4) is 0 Å². The molecule has 0 fully saturated rings. The summed E-state index contributed by atoms with van der Waals surface area (Å²) in [6.07, 6.45) is 1.06. The molecule has 1 aliphatic carbocycles. The summed E-state index contributed by atoms with van der Waals surface area (Å²) >= 11 is 6.15. The van der Waals surface area contributed by atoms with Crippen molar-refractivity contribution in [1.82, 2.24) is 10.5 Å².